The molecule has 276 valence electrons. The van der Waals surface area contributed by atoms with Gasteiger partial charge in [0.15, 0.2) is 0 Å². The van der Waals surface area contributed by atoms with E-state index in [1.807, 2.05) is 0 Å². The Morgan fingerprint density at radius 1 is 0.627 bits per heavy atom. The molecule has 0 bridgehead atoms. The predicted octanol–water partition coefficient (Wildman–Crippen LogP) is 11.3. The molecule has 5 rings (SSSR count). The summed E-state index contributed by atoms with van der Waals surface area (Å²) in [6, 6.07) is 7.00. The number of rotatable bonds is 3. The highest BCUT2D eigenvalue weighted by Crippen LogP contribution is 2.44. The maximum Gasteiger partial charge on any atom is 0.419 e. The molecule has 0 fully saturated rings. The fourth-order valence-corrected chi connectivity index (χ4v) is 6.54. The van der Waals surface area contributed by atoms with Crippen molar-refractivity contribution in [1.29, 1.82) is 0 Å². The van der Waals surface area contributed by atoms with Crippen LogP contribution in [0.15, 0.2) is 54.9 Å². The Balaban J connectivity index is 0.000000220. The van der Waals surface area contributed by atoms with Gasteiger partial charge in [-0.3, -0.25) is 0 Å². The smallest absolute Gasteiger partial charge is 0.398 e. The average Bonchev–Trinajstić information content (AvgIpc) is 3.61. The first kappa shape index (κ1) is 39.3. The molecule has 0 atom stereocenters. The van der Waals surface area contributed by atoms with Gasteiger partial charge in [0.2, 0.25) is 0 Å². The number of halogens is 15. The van der Waals surface area contributed by atoms with Crippen molar-refractivity contribution in [3.63, 3.8) is 0 Å². The van der Waals surface area contributed by atoms with E-state index in [0.717, 1.165) is 28.2 Å². The van der Waals surface area contributed by atoms with Crippen molar-refractivity contribution in [3.8, 4) is 11.4 Å². The highest BCUT2D eigenvalue weighted by Gasteiger charge is 2.39. The van der Waals surface area contributed by atoms with Crippen molar-refractivity contribution in [1.82, 2.24) is 30.0 Å². The number of aromatic nitrogens is 6. The van der Waals surface area contributed by atoms with Gasteiger partial charge in [0, 0.05) is 6.20 Å². The van der Waals surface area contributed by atoms with Gasteiger partial charge in [-0.2, -0.15) is 39.5 Å². The molecular weight excluding hydrogens is 846 g/mol. The number of nitrogens with zero attached hydrogens (tertiary/aromatic N) is 6. The Morgan fingerprint density at radius 3 is 1.39 bits per heavy atom. The van der Waals surface area contributed by atoms with Crippen LogP contribution < -0.4 is 11.1 Å². The average molecular weight is 868 g/mol. The van der Waals surface area contributed by atoms with Gasteiger partial charge in [-0.25, -0.2) is 9.36 Å². The summed E-state index contributed by atoms with van der Waals surface area (Å²) in [6.45, 7) is 6.18. The van der Waals surface area contributed by atoms with Crippen LogP contribution in [0.1, 0.15) is 19.4 Å². The van der Waals surface area contributed by atoms with Crippen molar-refractivity contribution in [2.75, 3.05) is 5.73 Å². The summed E-state index contributed by atoms with van der Waals surface area (Å²) in [6.07, 6.45) is -13.3. The van der Waals surface area contributed by atoms with Gasteiger partial charge in [-0.05, 0) is 36.4 Å². The number of hydrogen-bond acceptors (Lipinski definition) is 5. The first-order chi connectivity index (χ1) is 24.1. The van der Waals surface area contributed by atoms with E-state index in [9.17, 15) is 39.5 Å². The number of benzene rings is 3. The molecular formula is C28H20Cl6F9N7Si. The lowest BCUT2D eigenvalue weighted by molar-refractivity contribution is -0.138. The number of anilines is 1. The maximum absolute atomic E-state index is 13.0. The molecule has 2 aromatic heterocycles. The molecule has 0 saturated carbocycles. The number of alkyl halides is 9. The van der Waals surface area contributed by atoms with E-state index in [1.54, 1.807) is 6.20 Å². The second kappa shape index (κ2) is 16.0. The fourth-order valence-electron chi connectivity index (χ4n) is 3.76. The zero-order chi connectivity index (χ0) is 40.6. The monoisotopic (exact) mass is 865 g/mol. The maximum atomic E-state index is 13.0. The standard InChI is InChI=1S/C12H12Cl2F3N3Si.C9H4Cl2F3N3.C7H4Cl2F3N/c1-21(2,3)9-6-20(19-18-9)8-5-4-7(13)10(11(8)14)12(15,16)17;10-5-1-2-6(17-4-3-15-16-17)8(11)7(5)9(12,13)14;8-3-1-2-4(13)6(9)5(3)7(10,11)12/h4-6H,1-3H3;1-4H;1-2H,13H2/i;3D,4D;. The molecule has 5 aromatic rings. The second-order valence-corrected chi connectivity index (χ2v) is 18.2. The Morgan fingerprint density at radius 2 is 1.04 bits per heavy atom. The lowest BCUT2D eigenvalue weighted by Crippen LogP contribution is -2.38. The molecule has 23 heteroatoms. The summed E-state index contributed by atoms with van der Waals surface area (Å²) in [7, 11) is -1.71. The van der Waals surface area contributed by atoms with E-state index >= 15 is 0 Å². The summed E-state index contributed by atoms with van der Waals surface area (Å²) < 4.78 is 131. The van der Waals surface area contributed by atoms with Gasteiger partial charge in [-0.15, -0.1) is 10.2 Å². The molecule has 0 aliphatic heterocycles. The molecule has 0 spiro atoms. The largest absolute Gasteiger partial charge is 0.419 e. The van der Waals surface area contributed by atoms with Crippen LogP contribution in [0.3, 0.4) is 0 Å². The molecule has 0 aliphatic carbocycles. The summed E-state index contributed by atoms with van der Waals surface area (Å²) in [5.74, 6) is 0. The van der Waals surface area contributed by atoms with Gasteiger partial charge >= 0.3 is 18.5 Å². The van der Waals surface area contributed by atoms with Crippen LogP contribution in [-0.4, -0.2) is 38.1 Å². The van der Waals surface area contributed by atoms with Gasteiger partial charge < -0.3 is 5.73 Å². The first-order valence-corrected chi connectivity index (χ1v) is 19.1. The molecule has 0 unspecified atom stereocenters. The fraction of sp³-hybridized carbons (Fsp3) is 0.214. The van der Waals surface area contributed by atoms with E-state index in [1.165, 1.54) is 22.9 Å². The van der Waals surface area contributed by atoms with Crippen molar-refractivity contribution in [2.24, 2.45) is 0 Å². The minimum Gasteiger partial charge on any atom is -0.398 e. The summed E-state index contributed by atoms with van der Waals surface area (Å²) in [5, 5.41) is 12.1. The summed E-state index contributed by atoms with van der Waals surface area (Å²) in [5.41, 5.74) is 1.58. The Kier molecular flexibility index (Phi) is 12.3. The SMILES string of the molecule is C[Si](C)(C)c1cn(-c2ccc(Cl)c(C(F)(F)F)c2Cl)nn1.Nc1ccc(Cl)c(C(F)(F)F)c1Cl.[2H]c1nnn(-c2ccc(Cl)c(C(F)(F)F)c2Cl)c1[2H]. The third-order valence-corrected chi connectivity index (χ3v) is 10.1. The molecule has 2 heterocycles. The molecule has 51 heavy (non-hydrogen) atoms. The van der Waals surface area contributed by atoms with E-state index in [2.05, 4.69) is 40.3 Å². The minimum absolute atomic E-state index is 0.102. The van der Waals surface area contributed by atoms with Crippen molar-refractivity contribution < 1.29 is 42.3 Å². The van der Waals surface area contributed by atoms with Gasteiger partial charge in [0.25, 0.3) is 0 Å². The molecule has 0 saturated heterocycles. The van der Waals surface area contributed by atoms with Gasteiger partial charge in [-0.1, -0.05) is 99.7 Å². The van der Waals surface area contributed by atoms with Crippen molar-refractivity contribution >= 4 is 88.7 Å². The van der Waals surface area contributed by atoms with E-state index in [0.29, 0.717) is 0 Å². The van der Waals surface area contributed by atoms with Crippen LogP contribution in [0.5, 0.6) is 0 Å². The Bertz CT molecular complexity index is 2120. The van der Waals surface area contributed by atoms with E-state index in [-0.39, 0.29) is 17.1 Å². The van der Waals surface area contributed by atoms with Crippen molar-refractivity contribution in [2.45, 2.75) is 38.2 Å². The highest BCUT2D eigenvalue weighted by molar-refractivity contribution is 6.88. The van der Waals surface area contributed by atoms with E-state index in [4.69, 9.17) is 78.1 Å². The lowest BCUT2D eigenvalue weighted by atomic mass is 10.2. The second-order valence-electron chi connectivity index (χ2n) is 10.9. The van der Waals surface area contributed by atoms with Gasteiger partial charge in [0.05, 0.1) is 84.3 Å². The number of nitrogen functional groups attached to an aromatic ring is 1. The van der Waals surface area contributed by atoms with Crippen LogP contribution in [0.25, 0.3) is 11.4 Å². The first-order valence-electron chi connectivity index (χ1n) is 14.3. The summed E-state index contributed by atoms with van der Waals surface area (Å²) >= 11 is 33.3. The van der Waals surface area contributed by atoms with Crippen LogP contribution in [0.2, 0.25) is 49.8 Å². The molecule has 2 N–H and O–H groups in total. The third kappa shape index (κ3) is 10.4. The topological polar surface area (TPSA) is 87.4 Å². The minimum atomic E-state index is -4.74. The Labute approximate surface area is 316 Å². The van der Waals surface area contributed by atoms with Gasteiger partial charge in [0.1, 0.15) is 8.07 Å². The summed E-state index contributed by atoms with van der Waals surface area (Å²) in [4.78, 5) is 0. The highest BCUT2D eigenvalue weighted by atomic mass is 35.5. The zero-order valence-electron chi connectivity index (χ0n) is 27.5. The normalized spacial score (nSPS) is 12.7. The van der Waals surface area contributed by atoms with Crippen LogP contribution >= 0.6 is 69.6 Å². The molecule has 7 nitrogen and oxygen atoms in total. The molecule has 0 amide bonds. The zero-order valence-corrected chi connectivity index (χ0v) is 31.0. The number of nitrogens with two attached hydrogens (primary N) is 1. The quantitative estimate of drug-likeness (QED) is 0.111. The third-order valence-electron chi connectivity index (χ3n) is 6.19. The van der Waals surface area contributed by atoms with Crippen LogP contribution in [-0.2, 0) is 18.5 Å². The van der Waals surface area contributed by atoms with E-state index < -0.39 is 85.8 Å². The lowest BCUT2D eigenvalue weighted by Gasteiger charge is -2.14. The van der Waals surface area contributed by atoms with Crippen LogP contribution in [0.4, 0.5) is 45.2 Å². The molecule has 3 aromatic carbocycles. The van der Waals surface area contributed by atoms with Crippen molar-refractivity contribution in [3.05, 3.63) is 102 Å². The predicted molar refractivity (Wildman–Crippen MR) is 182 cm³/mol. The molecule has 0 radical (unpaired) electrons. The van der Waals surface area contributed by atoms with Crippen LogP contribution in [0, 0.1) is 0 Å². The number of hydrogen-bond donors (Lipinski definition) is 1. The Hall–Kier alpha value is -2.93. The molecule has 0 aliphatic rings.